The normalized spacial score (nSPS) is 23.0. The van der Waals surface area contributed by atoms with Crippen LogP contribution in [-0.4, -0.2) is 30.0 Å². The first kappa shape index (κ1) is 14.0. The standard InChI is InChI=1S/C15H23N3O/c1-16-13-5-7-14(8-6-13)18-15(19)9-4-12-3-2-10-17-11-12/h2-3,10-11,13-14,16H,4-9H2,1H3,(H,18,19). The molecule has 2 N–H and O–H groups in total. The summed E-state index contributed by atoms with van der Waals surface area (Å²) in [5, 5.41) is 6.45. The second-order valence-corrected chi connectivity index (χ2v) is 5.27. The van der Waals surface area contributed by atoms with Crippen LogP contribution in [0.2, 0.25) is 0 Å². The van der Waals surface area contributed by atoms with E-state index in [1.165, 1.54) is 0 Å². The quantitative estimate of drug-likeness (QED) is 0.847. The molecule has 0 unspecified atom stereocenters. The molecular weight excluding hydrogens is 238 g/mol. The molecule has 0 bridgehead atoms. The molecule has 0 spiro atoms. The van der Waals surface area contributed by atoms with Crippen molar-refractivity contribution in [2.75, 3.05) is 7.05 Å². The fourth-order valence-corrected chi connectivity index (χ4v) is 2.63. The molecule has 0 aliphatic heterocycles. The minimum Gasteiger partial charge on any atom is -0.353 e. The van der Waals surface area contributed by atoms with Gasteiger partial charge in [0.25, 0.3) is 0 Å². The molecule has 0 atom stereocenters. The third kappa shape index (κ3) is 4.63. The SMILES string of the molecule is CNC1CCC(NC(=O)CCc2cccnc2)CC1. The summed E-state index contributed by atoms with van der Waals surface area (Å²) < 4.78 is 0. The van der Waals surface area contributed by atoms with Gasteiger partial charge >= 0.3 is 0 Å². The molecule has 0 aromatic carbocycles. The van der Waals surface area contributed by atoms with Crippen LogP contribution >= 0.6 is 0 Å². The van der Waals surface area contributed by atoms with Gasteiger partial charge in [-0.15, -0.1) is 0 Å². The molecule has 19 heavy (non-hydrogen) atoms. The topological polar surface area (TPSA) is 54.0 Å². The minimum atomic E-state index is 0.164. The summed E-state index contributed by atoms with van der Waals surface area (Å²) in [7, 11) is 2.01. The molecule has 104 valence electrons. The van der Waals surface area contributed by atoms with Crippen LogP contribution < -0.4 is 10.6 Å². The Morgan fingerprint density at radius 2 is 2.05 bits per heavy atom. The van der Waals surface area contributed by atoms with Crippen molar-refractivity contribution in [3.05, 3.63) is 30.1 Å². The van der Waals surface area contributed by atoms with Gasteiger partial charge in [-0.25, -0.2) is 0 Å². The number of carbonyl (C=O) groups excluding carboxylic acids is 1. The maximum absolute atomic E-state index is 11.9. The largest absolute Gasteiger partial charge is 0.353 e. The lowest BCUT2D eigenvalue weighted by atomic mass is 9.91. The van der Waals surface area contributed by atoms with Crippen LogP contribution in [0.5, 0.6) is 0 Å². The summed E-state index contributed by atoms with van der Waals surface area (Å²) in [6.45, 7) is 0. The number of rotatable bonds is 5. The molecule has 1 aliphatic carbocycles. The van der Waals surface area contributed by atoms with E-state index in [9.17, 15) is 4.79 Å². The zero-order valence-electron chi connectivity index (χ0n) is 11.6. The Balaban J connectivity index is 1.67. The molecule has 1 aliphatic rings. The van der Waals surface area contributed by atoms with Crippen LogP contribution in [0.4, 0.5) is 0 Å². The zero-order chi connectivity index (χ0) is 13.5. The van der Waals surface area contributed by atoms with E-state index in [-0.39, 0.29) is 5.91 Å². The Morgan fingerprint density at radius 1 is 1.32 bits per heavy atom. The van der Waals surface area contributed by atoms with Crippen LogP contribution in [0, 0.1) is 0 Å². The smallest absolute Gasteiger partial charge is 0.220 e. The highest BCUT2D eigenvalue weighted by Crippen LogP contribution is 2.18. The van der Waals surface area contributed by atoms with Crippen molar-refractivity contribution in [2.45, 2.75) is 50.6 Å². The summed E-state index contributed by atoms with van der Waals surface area (Å²) in [5.74, 6) is 0.164. The third-order valence-electron chi connectivity index (χ3n) is 3.86. The minimum absolute atomic E-state index is 0.164. The van der Waals surface area contributed by atoms with Gasteiger partial charge in [0.2, 0.25) is 5.91 Å². The molecule has 0 saturated heterocycles. The number of nitrogens with zero attached hydrogens (tertiary/aromatic N) is 1. The number of amides is 1. The Morgan fingerprint density at radius 3 is 2.68 bits per heavy atom. The van der Waals surface area contributed by atoms with Crippen LogP contribution in [0.25, 0.3) is 0 Å². The van der Waals surface area contributed by atoms with Crippen molar-refractivity contribution in [1.29, 1.82) is 0 Å². The summed E-state index contributed by atoms with van der Waals surface area (Å²) in [6, 6.07) is 4.92. The predicted molar refractivity (Wildman–Crippen MR) is 75.8 cm³/mol. The molecule has 1 heterocycles. The second-order valence-electron chi connectivity index (χ2n) is 5.27. The van der Waals surface area contributed by atoms with Gasteiger partial charge in [-0.3, -0.25) is 9.78 Å². The number of carbonyl (C=O) groups is 1. The number of hydrogen-bond acceptors (Lipinski definition) is 3. The zero-order valence-corrected chi connectivity index (χ0v) is 11.6. The van der Waals surface area contributed by atoms with Gasteiger partial charge in [-0.05, 0) is 50.8 Å². The van der Waals surface area contributed by atoms with E-state index in [1.54, 1.807) is 6.20 Å². The number of hydrogen-bond donors (Lipinski definition) is 2. The summed E-state index contributed by atoms with van der Waals surface area (Å²) in [4.78, 5) is 15.9. The van der Waals surface area contributed by atoms with Crippen molar-refractivity contribution in [1.82, 2.24) is 15.6 Å². The van der Waals surface area contributed by atoms with Crippen molar-refractivity contribution >= 4 is 5.91 Å². The molecule has 1 fully saturated rings. The molecule has 1 aromatic rings. The van der Waals surface area contributed by atoms with Gasteiger partial charge < -0.3 is 10.6 Å². The van der Waals surface area contributed by atoms with E-state index < -0.39 is 0 Å². The highest BCUT2D eigenvalue weighted by Gasteiger charge is 2.20. The average Bonchev–Trinajstić information content (AvgIpc) is 2.47. The molecule has 1 amide bonds. The van der Waals surface area contributed by atoms with Crippen LogP contribution in [0.15, 0.2) is 24.5 Å². The molecule has 4 nitrogen and oxygen atoms in total. The fourth-order valence-electron chi connectivity index (χ4n) is 2.63. The molecule has 1 saturated carbocycles. The Bertz CT molecular complexity index is 386. The van der Waals surface area contributed by atoms with Gasteiger partial charge in [0, 0.05) is 30.9 Å². The first-order valence-electron chi connectivity index (χ1n) is 7.13. The highest BCUT2D eigenvalue weighted by atomic mass is 16.1. The summed E-state index contributed by atoms with van der Waals surface area (Å²) in [6.07, 6.45) is 9.39. The Labute approximate surface area is 115 Å². The third-order valence-corrected chi connectivity index (χ3v) is 3.86. The van der Waals surface area contributed by atoms with Crippen molar-refractivity contribution in [3.8, 4) is 0 Å². The van der Waals surface area contributed by atoms with E-state index in [1.807, 2.05) is 25.4 Å². The molecule has 0 radical (unpaired) electrons. The van der Waals surface area contributed by atoms with E-state index in [2.05, 4.69) is 15.6 Å². The average molecular weight is 261 g/mol. The predicted octanol–water partition coefficient (Wildman–Crippen LogP) is 1.66. The summed E-state index contributed by atoms with van der Waals surface area (Å²) in [5.41, 5.74) is 1.12. The van der Waals surface area contributed by atoms with E-state index >= 15 is 0 Å². The van der Waals surface area contributed by atoms with Crippen molar-refractivity contribution < 1.29 is 4.79 Å². The molecular formula is C15H23N3O. The lowest BCUT2D eigenvalue weighted by Crippen LogP contribution is -2.41. The lowest BCUT2D eigenvalue weighted by Gasteiger charge is -2.28. The lowest BCUT2D eigenvalue weighted by molar-refractivity contribution is -0.122. The van der Waals surface area contributed by atoms with Gasteiger partial charge in [0.1, 0.15) is 0 Å². The van der Waals surface area contributed by atoms with Crippen LogP contribution in [0.3, 0.4) is 0 Å². The maximum Gasteiger partial charge on any atom is 0.220 e. The van der Waals surface area contributed by atoms with Gasteiger partial charge in [-0.1, -0.05) is 6.07 Å². The Hall–Kier alpha value is -1.42. The first-order chi connectivity index (χ1) is 9.28. The van der Waals surface area contributed by atoms with Crippen molar-refractivity contribution in [3.63, 3.8) is 0 Å². The van der Waals surface area contributed by atoms with Crippen LogP contribution in [0.1, 0.15) is 37.7 Å². The number of nitrogens with one attached hydrogen (secondary N) is 2. The van der Waals surface area contributed by atoms with Gasteiger partial charge in [0.05, 0.1) is 0 Å². The van der Waals surface area contributed by atoms with Crippen LogP contribution in [-0.2, 0) is 11.2 Å². The van der Waals surface area contributed by atoms with E-state index in [0.29, 0.717) is 18.5 Å². The maximum atomic E-state index is 11.9. The van der Waals surface area contributed by atoms with Gasteiger partial charge in [0.15, 0.2) is 0 Å². The number of aromatic nitrogens is 1. The first-order valence-corrected chi connectivity index (χ1v) is 7.13. The molecule has 1 aromatic heterocycles. The fraction of sp³-hybridized carbons (Fsp3) is 0.600. The number of aryl methyl sites for hydroxylation is 1. The highest BCUT2D eigenvalue weighted by molar-refractivity contribution is 5.76. The van der Waals surface area contributed by atoms with Crippen molar-refractivity contribution in [2.24, 2.45) is 0 Å². The van der Waals surface area contributed by atoms with E-state index in [0.717, 1.165) is 37.7 Å². The monoisotopic (exact) mass is 261 g/mol. The molecule has 2 rings (SSSR count). The number of pyridine rings is 1. The van der Waals surface area contributed by atoms with Gasteiger partial charge in [-0.2, -0.15) is 0 Å². The summed E-state index contributed by atoms with van der Waals surface area (Å²) >= 11 is 0. The van der Waals surface area contributed by atoms with E-state index in [4.69, 9.17) is 0 Å². The Kier molecular flexibility index (Phi) is 5.33. The molecule has 4 heteroatoms. The second kappa shape index (κ2) is 7.24.